The number of pyridine rings is 1. The molecule has 0 aliphatic heterocycles. The number of hydrogen-bond acceptors (Lipinski definition) is 4. The predicted octanol–water partition coefficient (Wildman–Crippen LogP) is 0.249. The van der Waals surface area contributed by atoms with Crippen molar-refractivity contribution in [2.45, 2.75) is 0 Å². The van der Waals surface area contributed by atoms with E-state index in [1.54, 1.807) is 7.05 Å². The highest BCUT2D eigenvalue weighted by Gasteiger charge is 2.10. The Morgan fingerprint density at radius 2 is 2.36 bits per heavy atom. The second kappa shape index (κ2) is 2.69. The number of nitrogen functional groups attached to an aromatic ring is 1. The van der Waals surface area contributed by atoms with Crippen molar-refractivity contribution in [3.8, 4) is 0 Å². The molecule has 0 spiro atoms. The van der Waals surface area contributed by atoms with E-state index in [1.807, 2.05) is 0 Å². The Balaban J connectivity index is 2.77. The number of carboxylic acids is 1. The molecule has 3 N–H and O–H groups in total. The van der Waals surface area contributed by atoms with Crippen LogP contribution in [0.15, 0.2) is 12.3 Å². The van der Waals surface area contributed by atoms with E-state index in [0.717, 1.165) is 0 Å². The highest BCUT2D eigenvalue weighted by molar-refractivity contribution is 5.93. The van der Waals surface area contributed by atoms with Crippen molar-refractivity contribution in [3.63, 3.8) is 0 Å². The number of aryl methyl sites for hydroxylation is 1. The summed E-state index contributed by atoms with van der Waals surface area (Å²) in [5, 5.41) is 12.7. The first-order chi connectivity index (χ1) is 6.59. The summed E-state index contributed by atoms with van der Waals surface area (Å²) in [6.07, 6.45) is 1.27. The molecule has 0 fully saturated rings. The van der Waals surface area contributed by atoms with Crippen LogP contribution in [0.2, 0.25) is 0 Å². The fraction of sp³-hybridized carbons (Fsp3) is 0.125. The second-order valence-corrected chi connectivity index (χ2v) is 2.91. The van der Waals surface area contributed by atoms with Gasteiger partial charge in [0.05, 0.1) is 11.1 Å². The van der Waals surface area contributed by atoms with Crippen LogP contribution in [0.25, 0.3) is 11.0 Å². The van der Waals surface area contributed by atoms with Crippen LogP contribution in [0.3, 0.4) is 0 Å². The standard InChI is InChI=1S/C8H8N4O2/c1-12-5-2-4(8(13)14)3-10-6(5)7(9)11-12/h2-3H,1H3,(H2,9,11)(H,13,14). The Labute approximate surface area is 79.0 Å². The molecule has 0 aromatic carbocycles. The van der Waals surface area contributed by atoms with Crippen LogP contribution in [0.1, 0.15) is 10.4 Å². The van der Waals surface area contributed by atoms with Crippen LogP contribution in [-0.4, -0.2) is 25.8 Å². The topological polar surface area (TPSA) is 94.0 Å². The lowest BCUT2D eigenvalue weighted by Crippen LogP contribution is -1.98. The normalized spacial score (nSPS) is 10.6. The van der Waals surface area contributed by atoms with Gasteiger partial charge in [0.15, 0.2) is 5.82 Å². The number of aromatic nitrogens is 3. The van der Waals surface area contributed by atoms with Gasteiger partial charge in [-0.25, -0.2) is 9.78 Å². The van der Waals surface area contributed by atoms with Crippen LogP contribution in [-0.2, 0) is 7.05 Å². The first-order valence-electron chi connectivity index (χ1n) is 3.91. The van der Waals surface area contributed by atoms with Gasteiger partial charge in [-0.15, -0.1) is 0 Å². The average molecular weight is 192 g/mol. The summed E-state index contributed by atoms with van der Waals surface area (Å²) in [5.74, 6) is -0.710. The number of carbonyl (C=O) groups is 1. The number of nitrogens with zero attached hydrogens (tertiary/aromatic N) is 3. The second-order valence-electron chi connectivity index (χ2n) is 2.91. The molecular weight excluding hydrogens is 184 g/mol. The number of aromatic carboxylic acids is 1. The Morgan fingerprint density at radius 1 is 1.64 bits per heavy atom. The lowest BCUT2D eigenvalue weighted by molar-refractivity contribution is 0.0696. The van der Waals surface area contributed by atoms with E-state index in [2.05, 4.69) is 10.1 Å². The Bertz CT molecular complexity index is 517. The van der Waals surface area contributed by atoms with Crippen molar-refractivity contribution in [1.82, 2.24) is 14.8 Å². The van der Waals surface area contributed by atoms with Crippen molar-refractivity contribution in [1.29, 1.82) is 0 Å². The van der Waals surface area contributed by atoms with Crippen molar-refractivity contribution < 1.29 is 9.90 Å². The molecule has 0 amide bonds. The van der Waals surface area contributed by atoms with Gasteiger partial charge in [-0.05, 0) is 6.07 Å². The summed E-state index contributed by atoms with van der Waals surface area (Å²) in [7, 11) is 1.69. The van der Waals surface area contributed by atoms with Gasteiger partial charge in [0.25, 0.3) is 0 Å². The maximum atomic E-state index is 10.7. The van der Waals surface area contributed by atoms with Crippen LogP contribution in [0, 0.1) is 0 Å². The molecule has 2 aromatic rings. The van der Waals surface area contributed by atoms with E-state index in [1.165, 1.54) is 16.9 Å². The molecule has 0 radical (unpaired) electrons. The van der Waals surface area contributed by atoms with E-state index in [4.69, 9.17) is 10.8 Å². The van der Waals surface area contributed by atoms with Crippen molar-refractivity contribution in [2.75, 3.05) is 5.73 Å². The first kappa shape index (κ1) is 8.49. The molecule has 14 heavy (non-hydrogen) atoms. The highest BCUT2D eigenvalue weighted by atomic mass is 16.4. The minimum atomic E-state index is -1.01. The minimum absolute atomic E-state index is 0.125. The van der Waals surface area contributed by atoms with E-state index in [-0.39, 0.29) is 5.56 Å². The lowest BCUT2D eigenvalue weighted by atomic mass is 10.2. The van der Waals surface area contributed by atoms with Gasteiger partial charge in [0, 0.05) is 13.2 Å². The highest BCUT2D eigenvalue weighted by Crippen LogP contribution is 2.17. The van der Waals surface area contributed by atoms with Gasteiger partial charge in [-0.1, -0.05) is 0 Å². The molecule has 0 bridgehead atoms. The smallest absolute Gasteiger partial charge is 0.337 e. The van der Waals surface area contributed by atoms with Crippen molar-refractivity contribution in [3.05, 3.63) is 17.8 Å². The summed E-state index contributed by atoms with van der Waals surface area (Å²) in [4.78, 5) is 14.6. The summed E-state index contributed by atoms with van der Waals surface area (Å²) in [6.45, 7) is 0. The van der Waals surface area contributed by atoms with Gasteiger partial charge in [0.1, 0.15) is 5.52 Å². The lowest BCUT2D eigenvalue weighted by Gasteiger charge is -1.95. The monoisotopic (exact) mass is 192 g/mol. The average Bonchev–Trinajstić information content (AvgIpc) is 2.42. The van der Waals surface area contributed by atoms with Gasteiger partial charge in [0.2, 0.25) is 0 Å². The minimum Gasteiger partial charge on any atom is -0.478 e. The maximum absolute atomic E-state index is 10.7. The first-order valence-corrected chi connectivity index (χ1v) is 3.91. The van der Waals surface area contributed by atoms with Gasteiger partial charge >= 0.3 is 5.97 Å². The summed E-state index contributed by atoms with van der Waals surface area (Å²) in [6, 6.07) is 1.49. The van der Waals surface area contributed by atoms with E-state index in [0.29, 0.717) is 16.9 Å². The third-order valence-corrected chi connectivity index (χ3v) is 1.96. The molecule has 2 heterocycles. The SMILES string of the molecule is Cn1nc(N)c2ncc(C(=O)O)cc21. The van der Waals surface area contributed by atoms with Gasteiger partial charge in [-0.2, -0.15) is 5.10 Å². The quantitative estimate of drug-likeness (QED) is 0.675. The molecule has 0 atom stereocenters. The van der Waals surface area contributed by atoms with Crippen LogP contribution in [0.5, 0.6) is 0 Å². The maximum Gasteiger partial charge on any atom is 0.337 e. The largest absolute Gasteiger partial charge is 0.478 e. The fourth-order valence-corrected chi connectivity index (χ4v) is 1.28. The molecule has 2 rings (SSSR count). The molecule has 72 valence electrons. The molecular formula is C8H8N4O2. The molecule has 6 heteroatoms. The Morgan fingerprint density at radius 3 is 3.00 bits per heavy atom. The Kier molecular flexibility index (Phi) is 1.63. The summed E-state index contributed by atoms with van der Waals surface area (Å²) >= 11 is 0. The van der Waals surface area contributed by atoms with E-state index in [9.17, 15) is 4.79 Å². The van der Waals surface area contributed by atoms with Crippen LogP contribution in [0.4, 0.5) is 5.82 Å². The number of rotatable bonds is 1. The predicted molar refractivity (Wildman–Crippen MR) is 49.9 cm³/mol. The van der Waals surface area contributed by atoms with E-state index < -0.39 is 5.97 Å². The van der Waals surface area contributed by atoms with Crippen molar-refractivity contribution in [2.24, 2.45) is 7.05 Å². The van der Waals surface area contributed by atoms with Gasteiger partial charge in [-0.3, -0.25) is 4.68 Å². The molecule has 0 aliphatic rings. The van der Waals surface area contributed by atoms with Crippen LogP contribution < -0.4 is 5.73 Å². The fourth-order valence-electron chi connectivity index (χ4n) is 1.28. The number of anilines is 1. The molecule has 0 aliphatic carbocycles. The number of fused-ring (bicyclic) bond motifs is 1. The molecule has 2 aromatic heterocycles. The van der Waals surface area contributed by atoms with Crippen LogP contribution >= 0.6 is 0 Å². The zero-order valence-corrected chi connectivity index (χ0v) is 7.43. The zero-order chi connectivity index (χ0) is 10.3. The molecule has 0 unspecified atom stereocenters. The van der Waals surface area contributed by atoms with Gasteiger partial charge < -0.3 is 10.8 Å². The molecule has 0 saturated carbocycles. The third-order valence-electron chi connectivity index (χ3n) is 1.96. The third kappa shape index (κ3) is 1.08. The zero-order valence-electron chi connectivity index (χ0n) is 7.43. The Hall–Kier alpha value is -2.11. The summed E-state index contributed by atoms with van der Waals surface area (Å²) < 4.78 is 1.50. The number of nitrogens with two attached hydrogens (primary N) is 1. The summed E-state index contributed by atoms with van der Waals surface area (Å²) in [5.41, 5.74) is 6.83. The van der Waals surface area contributed by atoms with E-state index >= 15 is 0 Å². The molecule has 0 saturated heterocycles. The number of hydrogen-bond donors (Lipinski definition) is 2. The molecule has 6 nitrogen and oxygen atoms in total. The van der Waals surface area contributed by atoms with Crippen molar-refractivity contribution >= 4 is 22.8 Å². The number of carboxylic acid groups (broad SMARTS) is 1.